The summed E-state index contributed by atoms with van der Waals surface area (Å²) in [5.41, 5.74) is 6.21. The average molecular weight is 232 g/mol. The average Bonchev–Trinajstić information content (AvgIpc) is 2.37. The summed E-state index contributed by atoms with van der Waals surface area (Å²) in [6, 6.07) is 0. The molecule has 1 rings (SSSR count). The van der Waals surface area contributed by atoms with Gasteiger partial charge in [-0.2, -0.15) is 5.10 Å². The fourth-order valence-electron chi connectivity index (χ4n) is 1.19. The van der Waals surface area contributed by atoms with Crippen molar-refractivity contribution in [1.29, 1.82) is 0 Å². The minimum absolute atomic E-state index is 0.173. The first-order chi connectivity index (χ1) is 6.88. The largest absolute Gasteiger partial charge is 0.394 e. The molecule has 6 nitrogen and oxygen atoms in total. The Morgan fingerprint density at radius 1 is 1.60 bits per heavy atom. The van der Waals surface area contributed by atoms with Crippen LogP contribution in [0.15, 0.2) is 6.20 Å². The van der Waals surface area contributed by atoms with Crippen LogP contribution in [0.4, 0.5) is 11.5 Å². The van der Waals surface area contributed by atoms with E-state index in [0.29, 0.717) is 24.5 Å². The summed E-state index contributed by atoms with van der Waals surface area (Å²) in [6.07, 6.45) is 3.47. The summed E-state index contributed by atoms with van der Waals surface area (Å²) in [6.45, 7) is 0.550. The SMILES string of the molecule is Cn1cc(N)c(NCCCS(C)(=O)=O)n1. The molecule has 3 N–H and O–H groups in total. The molecular weight excluding hydrogens is 216 g/mol. The van der Waals surface area contributed by atoms with E-state index in [0.717, 1.165) is 0 Å². The van der Waals surface area contributed by atoms with E-state index in [4.69, 9.17) is 5.73 Å². The van der Waals surface area contributed by atoms with E-state index >= 15 is 0 Å². The van der Waals surface area contributed by atoms with Crippen LogP contribution in [0.5, 0.6) is 0 Å². The predicted octanol–water partition coefficient (Wildman–Crippen LogP) is -0.151. The minimum atomic E-state index is -2.88. The van der Waals surface area contributed by atoms with E-state index in [9.17, 15) is 8.42 Å². The minimum Gasteiger partial charge on any atom is -0.394 e. The number of aryl methyl sites for hydroxylation is 1. The smallest absolute Gasteiger partial charge is 0.171 e. The Morgan fingerprint density at radius 2 is 2.27 bits per heavy atom. The van der Waals surface area contributed by atoms with Gasteiger partial charge in [-0.05, 0) is 6.42 Å². The lowest BCUT2D eigenvalue weighted by molar-refractivity contribution is 0.600. The number of hydrogen-bond acceptors (Lipinski definition) is 5. The summed E-state index contributed by atoms with van der Waals surface area (Å²) in [4.78, 5) is 0. The zero-order chi connectivity index (χ0) is 11.5. The molecule has 0 spiro atoms. The van der Waals surface area contributed by atoms with Crippen molar-refractivity contribution in [2.75, 3.05) is 29.6 Å². The number of nitrogens with zero attached hydrogens (tertiary/aromatic N) is 2. The zero-order valence-electron chi connectivity index (χ0n) is 8.90. The highest BCUT2D eigenvalue weighted by Crippen LogP contribution is 2.13. The molecule has 0 aliphatic rings. The van der Waals surface area contributed by atoms with Crippen LogP contribution in [0, 0.1) is 0 Å². The molecule has 0 amide bonds. The molecule has 0 saturated carbocycles. The van der Waals surface area contributed by atoms with Gasteiger partial charge in [0.25, 0.3) is 0 Å². The molecule has 1 heterocycles. The lowest BCUT2D eigenvalue weighted by atomic mass is 10.4. The standard InChI is InChI=1S/C8H16N4O2S/c1-12-6-7(9)8(11-12)10-4-3-5-15(2,13)14/h6H,3-5,9H2,1-2H3,(H,10,11). The molecule has 0 atom stereocenters. The van der Waals surface area contributed by atoms with Gasteiger partial charge in [0, 0.05) is 26.0 Å². The molecule has 0 aliphatic carbocycles. The number of sulfone groups is 1. The van der Waals surface area contributed by atoms with E-state index in [2.05, 4.69) is 10.4 Å². The van der Waals surface area contributed by atoms with E-state index in [1.165, 1.54) is 6.26 Å². The summed E-state index contributed by atoms with van der Waals surface area (Å²) in [7, 11) is -1.10. The molecule has 0 aromatic carbocycles. The third-order valence-electron chi connectivity index (χ3n) is 1.84. The van der Waals surface area contributed by atoms with Gasteiger partial charge in [-0.25, -0.2) is 8.42 Å². The molecule has 15 heavy (non-hydrogen) atoms. The molecule has 86 valence electrons. The number of anilines is 2. The molecule has 0 radical (unpaired) electrons. The maximum atomic E-state index is 10.8. The van der Waals surface area contributed by atoms with Gasteiger partial charge in [0.05, 0.1) is 11.4 Å². The van der Waals surface area contributed by atoms with Gasteiger partial charge in [0.15, 0.2) is 5.82 Å². The molecule has 1 aromatic heterocycles. The molecule has 0 unspecified atom stereocenters. The number of rotatable bonds is 5. The van der Waals surface area contributed by atoms with Crippen LogP contribution in [0.1, 0.15) is 6.42 Å². The molecule has 0 bridgehead atoms. The third-order valence-corrected chi connectivity index (χ3v) is 2.87. The van der Waals surface area contributed by atoms with Crippen molar-refractivity contribution >= 4 is 21.3 Å². The third kappa shape index (κ3) is 4.20. The van der Waals surface area contributed by atoms with Gasteiger partial charge in [-0.15, -0.1) is 0 Å². The van der Waals surface area contributed by atoms with Gasteiger partial charge in [0.2, 0.25) is 0 Å². The molecular formula is C8H16N4O2S. The van der Waals surface area contributed by atoms with E-state index in [1.807, 2.05) is 0 Å². The second-order valence-electron chi connectivity index (χ2n) is 3.52. The van der Waals surface area contributed by atoms with Crippen LogP contribution in [-0.2, 0) is 16.9 Å². The van der Waals surface area contributed by atoms with Crippen LogP contribution in [0.3, 0.4) is 0 Å². The van der Waals surface area contributed by atoms with E-state index < -0.39 is 9.84 Å². The van der Waals surface area contributed by atoms with Crippen LogP contribution >= 0.6 is 0 Å². The van der Waals surface area contributed by atoms with Crippen molar-refractivity contribution in [3.63, 3.8) is 0 Å². The van der Waals surface area contributed by atoms with Crippen molar-refractivity contribution in [2.24, 2.45) is 7.05 Å². The second-order valence-corrected chi connectivity index (χ2v) is 5.78. The highest BCUT2D eigenvalue weighted by molar-refractivity contribution is 7.90. The van der Waals surface area contributed by atoms with Crippen LogP contribution in [0.25, 0.3) is 0 Å². The van der Waals surface area contributed by atoms with Crippen LogP contribution in [0.2, 0.25) is 0 Å². The predicted molar refractivity (Wildman–Crippen MR) is 60.4 cm³/mol. The Hall–Kier alpha value is -1.24. The van der Waals surface area contributed by atoms with E-state index in [-0.39, 0.29) is 5.75 Å². The first-order valence-electron chi connectivity index (χ1n) is 4.59. The number of nitrogens with one attached hydrogen (secondary N) is 1. The van der Waals surface area contributed by atoms with Crippen molar-refractivity contribution in [2.45, 2.75) is 6.42 Å². The fourth-order valence-corrected chi connectivity index (χ4v) is 1.85. The first-order valence-corrected chi connectivity index (χ1v) is 6.65. The van der Waals surface area contributed by atoms with Crippen molar-refractivity contribution < 1.29 is 8.42 Å². The van der Waals surface area contributed by atoms with Gasteiger partial charge >= 0.3 is 0 Å². The summed E-state index contributed by atoms with van der Waals surface area (Å²) >= 11 is 0. The van der Waals surface area contributed by atoms with Gasteiger partial charge in [0.1, 0.15) is 9.84 Å². The lowest BCUT2D eigenvalue weighted by Gasteiger charge is -2.02. The second kappa shape index (κ2) is 4.52. The quantitative estimate of drug-likeness (QED) is 0.689. The van der Waals surface area contributed by atoms with Gasteiger partial charge < -0.3 is 11.1 Å². The Balaban J connectivity index is 2.35. The van der Waals surface area contributed by atoms with E-state index in [1.54, 1.807) is 17.9 Å². The Bertz CT molecular complexity index is 424. The maximum absolute atomic E-state index is 10.8. The van der Waals surface area contributed by atoms with Crippen LogP contribution < -0.4 is 11.1 Å². The highest BCUT2D eigenvalue weighted by atomic mass is 32.2. The van der Waals surface area contributed by atoms with Gasteiger partial charge in [-0.1, -0.05) is 0 Å². The zero-order valence-corrected chi connectivity index (χ0v) is 9.71. The molecule has 0 fully saturated rings. The number of nitrogens with two attached hydrogens (primary N) is 1. The number of hydrogen-bond donors (Lipinski definition) is 2. The van der Waals surface area contributed by atoms with Crippen molar-refractivity contribution in [3.8, 4) is 0 Å². The molecule has 0 aliphatic heterocycles. The molecule has 1 aromatic rings. The number of nitrogen functional groups attached to an aromatic ring is 1. The normalized spacial score (nSPS) is 11.6. The topological polar surface area (TPSA) is 90.0 Å². The molecule has 0 saturated heterocycles. The Labute approximate surface area is 89.4 Å². The van der Waals surface area contributed by atoms with Crippen molar-refractivity contribution in [3.05, 3.63) is 6.20 Å². The highest BCUT2D eigenvalue weighted by Gasteiger charge is 2.04. The maximum Gasteiger partial charge on any atom is 0.171 e. The van der Waals surface area contributed by atoms with Crippen molar-refractivity contribution in [1.82, 2.24) is 9.78 Å². The first kappa shape index (κ1) is 11.8. The monoisotopic (exact) mass is 232 g/mol. The van der Waals surface area contributed by atoms with Gasteiger partial charge in [-0.3, -0.25) is 4.68 Å². The summed E-state index contributed by atoms with van der Waals surface area (Å²) in [5.74, 6) is 0.776. The number of aromatic nitrogens is 2. The summed E-state index contributed by atoms with van der Waals surface area (Å²) in [5, 5.41) is 7.06. The Kier molecular flexibility index (Phi) is 3.57. The Morgan fingerprint density at radius 3 is 2.73 bits per heavy atom. The van der Waals surface area contributed by atoms with Crippen LogP contribution in [-0.4, -0.2) is 36.8 Å². The molecule has 7 heteroatoms. The fraction of sp³-hybridized carbons (Fsp3) is 0.625. The lowest BCUT2D eigenvalue weighted by Crippen LogP contribution is -2.10. The summed E-state index contributed by atoms with van der Waals surface area (Å²) < 4.78 is 23.3.